The number of ether oxygens (including phenoxy) is 6. The summed E-state index contributed by atoms with van der Waals surface area (Å²) >= 11 is 0. The summed E-state index contributed by atoms with van der Waals surface area (Å²) in [7, 11) is 0. The van der Waals surface area contributed by atoms with Crippen LogP contribution in [-0.2, 0) is 28.4 Å². The second-order valence-corrected chi connectivity index (χ2v) is 7.13. The zero-order chi connectivity index (χ0) is 16.0. The molecule has 3 saturated heterocycles. The van der Waals surface area contributed by atoms with E-state index >= 15 is 0 Å². The molecule has 0 amide bonds. The first kappa shape index (κ1) is 16.6. The summed E-state index contributed by atoms with van der Waals surface area (Å²) < 4.78 is 35.6. The van der Waals surface area contributed by atoms with Crippen molar-refractivity contribution in [2.24, 2.45) is 0 Å². The van der Waals surface area contributed by atoms with Gasteiger partial charge in [0.2, 0.25) is 0 Å². The van der Waals surface area contributed by atoms with Crippen LogP contribution in [0.4, 0.5) is 0 Å². The predicted octanol–water partition coefficient (Wildman–Crippen LogP) is 2.20. The number of hydrogen-bond donors (Lipinski definition) is 0. The maximum absolute atomic E-state index is 6.08. The van der Waals surface area contributed by atoms with Gasteiger partial charge in [-0.25, -0.2) is 0 Å². The van der Waals surface area contributed by atoms with Gasteiger partial charge < -0.3 is 28.4 Å². The van der Waals surface area contributed by atoms with Crippen LogP contribution in [0.25, 0.3) is 0 Å². The first-order valence-corrected chi connectivity index (χ1v) is 8.26. The highest BCUT2D eigenvalue weighted by atomic mass is 16.8. The third-order valence-corrected chi connectivity index (χ3v) is 4.23. The quantitative estimate of drug-likeness (QED) is 0.725. The van der Waals surface area contributed by atoms with Crippen molar-refractivity contribution in [1.82, 2.24) is 0 Å². The Morgan fingerprint density at radius 1 is 1.00 bits per heavy atom. The molecule has 0 radical (unpaired) electrons. The van der Waals surface area contributed by atoms with Crippen LogP contribution in [0.1, 0.15) is 47.5 Å². The van der Waals surface area contributed by atoms with E-state index in [1.807, 2.05) is 27.7 Å². The minimum atomic E-state index is -0.640. The highest BCUT2D eigenvalue weighted by Gasteiger charge is 2.58. The molecule has 0 bridgehead atoms. The van der Waals surface area contributed by atoms with Crippen molar-refractivity contribution in [2.75, 3.05) is 13.2 Å². The minimum absolute atomic E-state index is 0.164. The molecule has 0 aliphatic carbocycles. The summed E-state index contributed by atoms with van der Waals surface area (Å²) in [6.07, 6.45) is 0.889. The van der Waals surface area contributed by atoms with E-state index in [0.717, 1.165) is 12.8 Å². The molecule has 0 aromatic heterocycles. The van der Waals surface area contributed by atoms with Gasteiger partial charge in [-0.2, -0.15) is 0 Å². The van der Waals surface area contributed by atoms with E-state index in [9.17, 15) is 0 Å². The van der Waals surface area contributed by atoms with Crippen LogP contribution in [0.15, 0.2) is 0 Å². The second kappa shape index (κ2) is 6.00. The fourth-order valence-corrected chi connectivity index (χ4v) is 3.23. The van der Waals surface area contributed by atoms with E-state index in [2.05, 4.69) is 6.92 Å². The third-order valence-electron chi connectivity index (χ3n) is 4.23. The molecule has 0 saturated carbocycles. The first-order valence-electron chi connectivity index (χ1n) is 8.26. The lowest BCUT2D eigenvalue weighted by Crippen LogP contribution is -2.44. The topological polar surface area (TPSA) is 55.4 Å². The number of hydrogen-bond acceptors (Lipinski definition) is 6. The van der Waals surface area contributed by atoms with Crippen molar-refractivity contribution in [3.8, 4) is 0 Å². The van der Waals surface area contributed by atoms with Gasteiger partial charge in [0.25, 0.3) is 0 Å². The average Bonchev–Trinajstić information content (AvgIpc) is 3.01. The molecular weight excluding hydrogens is 288 g/mol. The van der Waals surface area contributed by atoms with Gasteiger partial charge in [-0.15, -0.1) is 0 Å². The molecule has 6 nitrogen and oxygen atoms in total. The Labute approximate surface area is 132 Å². The zero-order valence-electron chi connectivity index (χ0n) is 14.2. The molecule has 0 aromatic carbocycles. The van der Waals surface area contributed by atoms with Crippen molar-refractivity contribution in [1.29, 1.82) is 0 Å². The average molecular weight is 316 g/mol. The number of fused-ring (bicyclic) bond motifs is 1. The van der Waals surface area contributed by atoms with Crippen molar-refractivity contribution < 1.29 is 28.4 Å². The van der Waals surface area contributed by atoms with E-state index < -0.39 is 17.9 Å². The SMILES string of the molecule is CCCCOC1C2OC(C)(C)O[C@H]2O[C@@H]1C1COC(C)(C)O1. The van der Waals surface area contributed by atoms with Gasteiger partial charge in [0.15, 0.2) is 17.9 Å². The number of unbranched alkanes of at least 4 members (excludes halogenated alkanes) is 1. The lowest BCUT2D eigenvalue weighted by atomic mass is 10.1. The van der Waals surface area contributed by atoms with Gasteiger partial charge in [-0.1, -0.05) is 13.3 Å². The molecule has 5 atom stereocenters. The molecule has 3 unspecified atom stereocenters. The van der Waals surface area contributed by atoms with E-state index in [1.54, 1.807) is 0 Å². The summed E-state index contributed by atoms with van der Waals surface area (Å²) in [5, 5.41) is 0. The van der Waals surface area contributed by atoms with Gasteiger partial charge in [0.05, 0.1) is 6.61 Å². The molecule has 3 rings (SSSR count). The summed E-state index contributed by atoms with van der Waals surface area (Å²) in [5.41, 5.74) is 0. The molecule has 0 N–H and O–H groups in total. The van der Waals surface area contributed by atoms with Crippen molar-refractivity contribution in [3.05, 3.63) is 0 Å². The third kappa shape index (κ3) is 3.32. The molecule has 3 aliphatic rings. The van der Waals surface area contributed by atoms with Crippen LogP contribution in [0, 0.1) is 0 Å². The van der Waals surface area contributed by atoms with Crippen LogP contribution in [-0.4, -0.2) is 55.5 Å². The Hall–Kier alpha value is -0.240. The molecule has 3 fully saturated rings. The first-order chi connectivity index (χ1) is 10.3. The zero-order valence-corrected chi connectivity index (χ0v) is 14.2. The largest absolute Gasteiger partial charge is 0.372 e. The van der Waals surface area contributed by atoms with E-state index in [-0.39, 0.29) is 24.4 Å². The maximum atomic E-state index is 6.08. The summed E-state index contributed by atoms with van der Waals surface area (Å²) in [4.78, 5) is 0. The molecule has 128 valence electrons. The molecule has 6 heteroatoms. The molecular formula is C16H28O6. The van der Waals surface area contributed by atoms with Gasteiger partial charge in [-0.05, 0) is 34.1 Å². The Bertz CT molecular complexity index is 396. The van der Waals surface area contributed by atoms with Crippen LogP contribution in [0.3, 0.4) is 0 Å². The summed E-state index contributed by atoms with van der Waals surface area (Å²) in [6.45, 7) is 10.9. The van der Waals surface area contributed by atoms with Crippen LogP contribution in [0.2, 0.25) is 0 Å². The predicted molar refractivity (Wildman–Crippen MR) is 78.3 cm³/mol. The summed E-state index contributed by atoms with van der Waals surface area (Å²) in [5.74, 6) is -1.22. The molecule has 3 aliphatic heterocycles. The molecule has 3 heterocycles. The lowest BCUT2D eigenvalue weighted by molar-refractivity contribution is -0.236. The Balaban J connectivity index is 1.69. The highest BCUT2D eigenvalue weighted by Crippen LogP contribution is 2.41. The summed E-state index contributed by atoms with van der Waals surface area (Å²) in [6, 6.07) is 0. The van der Waals surface area contributed by atoms with Crippen LogP contribution < -0.4 is 0 Å². The second-order valence-electron chi connectivity index (χ2n) is 7.13. The standard InChI is InChI=1S/C16H28O6/c1-6-7-8-17-12-11(10-9-18-15(2,3)20-10)19-14-13(12)21-16(4,5)22-14/h10-14H,6-9H2,1-5H3/t10?,11-,12?,13?,14-/m1/s1. The fourth-order valence-electron chi connectivity index (χ4n) is 3.23. The van der Waals surface area contributed by atoms with E-state index in [4.69, 9.17) is 28.4 Å². The van der Waals surface area contributed by atoms with Gasteiger partial charge in [0.1, 0.15) is 24.4 Å². The highest BCUT2D eigenvalue weighted by molar-refractivity contribution is 4.98. The fraction of sp³-hybridized carbons (Fsp3) is 1.00. The van der Waals surface area contributed by atoms with Gasteiger partial charge in [-0.3, -0.25) is 0 Å². The Morgan fingerprint density at radius 3 is 2.41 bits per heavy atom. The minimum Gasteiger partial charge on any atom is -0.372 e. The molecule has 22 heavy (non-hydrogen) atoms. The Morgan fingerprint density at radius 2 is 1.77 bits per heavy atom. The van der Waals surface area contributed by atoms with Gasteiger partial charge >= 0.3 is 0 Å². The van der Waals surface area contributed by atoms with Crippen molar-refractivity contribution in [2.45, 2.75) is 89.7 Å². The molecule has 0 aromatic rings. The van der Waals surface area contributed by atoms with Crippen molar-refractivity contribution in [3.63, 3.8) is 0 Å². The smallest absolute Gasteiger partial charge is 0.190 e. The Kier molecular flexibility index (Phi) is 4.53. The van der Waals surface area contributed by atoms with E-state index in [1.165, 1.54) is 0 Å². The normalized spacial score (nSPS) is 42.7. The van der Waals surface area contributed by atoms with Crippen molar-refractivity contribution >= 4 is 0 Å². The molecule has 0 spiro atoms. The van der Waals surface area contributed by atoms with Crippen LogP contribution in [0.5, 0.6) is 0 Å². The van der Waals surface area contributed by atoms with Gasteiger partial charge in [0, 0.05) is 6.61 Å². The maximum Gasteiger partial charge on any atom is 0.190 e. The monoisotopic (exact) mass is 316 g/mol. The van der Waals surface area contributed by atoms with Crippen LogP contribution >= 0.6 is 0 Å². The van der Waals surface area contributed by atoms with E-state index in [0.29, 0.717) is 13.2 Å². The lowest BCUT2D eigenvalue weighted by Gasteiger charge is -2.29. The number of rotatable bonds is 5.